The molecule has 1 atom stereocenters. The molecule has 10 heteroatoms. The quantitative estimate of drug-likeness (QED) is 0.175. The molecular weight excluding hydrogens is 543 g/mol. The lowest BCUT2D eigenvalue weighted by Gasteiger charge is -2.13. The number of benzene rings is 2. The lowest BCUT2D eigenvalue weighted by Crippen LogP contribution is -2.38. The van der Waals surface area contributed by atoms with Crippen molar-refractivity contribution in [1.82, 2.24) is 15.4 Å². The summed E-state index contributed by atoms with van der Waals surface area (Å²) in [6.07, 6.45) is 1.84. The molecule has 0 aliphatic carbocycles. The number of rotatable bonds is 10. The molecule has 176 valence electrons. The van der Waals surface area contributed by atoms with Crippen LogP contribution in [0.1, 0.15) is 18.4 Å². The Bertz CT molecular complexity index is 934. The van der Waals surface area contributed by atoms with Crippen LogP contribution in [0.4, 0.5) is 0 Å². The van der Waals surface area contributed by atoms with Crippen LogP contribution in [-0.2, 0) is 21.3 Å². The maximum absolute atomic E-state index is 12.4. The molecule has 1 fully saturated rings. The van der Waals surface area contributed by atoms with Crippen LogP contribution in [0, 0.1) is 0 Å². The second kappa shape index (κ2) is 13.6. The number of hydrogen-bond donors (Lipinski definition) is 3. The molecule has 3 N–H and O–H groups in total. The van der Waals surface area contributed by atoms with Crippen molar-refractivity contribution in [3.8, 4) is 5.75 Å². The molecule has 0 aromatic heterocycles. The Morgan fingerprint density at radius 1 is 1.12 bits per heavy atom. The third kappa shape index (κ3) is 8.57. The van der Waals surface area contributed by atoms with Crippen molar-refractivity contribution >= 4 is 40.0 Å². The molecule has 1 aliphatic heterocycles. The standard InChI is InChI=1S/C22H30N4O4S.HI/c1-23-22(24-13-15-30-19-6-3-2-4-7-19)25-16-18-9-11-21(12-10-18)31(27,28)26-17-20-8-5-14-29-20;/h2-4,6-7,9-12,20,26H,5,8,13-17H2,1H3,(H2,23,24,25);1H. The van der Waals surface area contributed by atoms with Crippen molar-refractivity contribution < 1.29 is 17.9 Å². The molecule has 0 radical (unpaired) electrons. The molecule has 1 saturated heterocycles. The molecule has 0 saturated carbocycles. The Balaban J connectivity index is 0.00000363. The van der Waals surface area contributed by atoms with Crippen molar-refractivity contribution in [2.24, 2.45) is 4.99 Å². The first-order valence-corrected chi connectivity index (χ1v) is 11.9. The monoisotopic (exact) mass is 574 g/mol. The minimum atomic E-state index is -3.54. The van der Waals surface area contributed by atoms with Crippen LogP contribution >= 0.6 is 24.0 Å². The molecule has 2 aromatic carbocycles. The second-order valence-electron chi connectivity index (χ2n) is 7.14. The zero-order valence-corrected chi connectivity index (χ0v) is 21.3. The summed E-state index contributed by atoms with van der Waals surface area (Å²) in [6.45, 7) is 2.63. The largest absolute Gasteiger partial charge is 0.492 e. The molecule has 8 nitrogen and oxygen atoms in total. The van der Waals surface area contributed by atoms with E-state index >= 15 is 0 Å². The molecule has 1 unspecified atom stereocenters. The predicted molar refractivity (Wildman–Crippen MR) is 136 cm³/mol. The van der Waals surface area contributed by atoms with Gasteiger partial charge in [0, 0.05) is 26.7 Å². The Morgan fingerprint density at radius 3 is 2.53 bits per heavy atom. The Labute approximate surface area is 207 Å². The van der Waals surface area contributed by atoms with Crippen molar-refractivity contribution in [3.05, 3.63) is 60.2 Å². The van der Waals surface area contributed by atoms with Gasteiger partial charge in [0.1, 0.15) is 12.4 Å². The van der Waals surface area contributed by atoms with E-state index in [9.17, 15) is 8.42 Å². The zero-order valence-electron chi connectivity index (χ0n) is 18.1. The van der Waals surface area contributed by atoms with E-state index in [2.05, 4.69) is 20.3 Å². The first kappa shape index (κ1) is 26.4. The highest BCUT2D eigenvalue weighted by molar-refractivity contribution is 14.0. The van der Waals surface area contributed by atoms with Crippen molar-refractivity contribution in [2.45, 2.75) is 30.4 Å². The highest BCUT2D eigenvalue weighted by Crippen LogP contribution is 2.14. The summed E-state index contributed by atoms with van der Waals surface area (Å²) in [5.41, 5.74) is 0.946. The third-order valence-electron chi connectivity index (χ3n) is 4.85. The first-order chi connectivity index (χ1) is 15.1. The lowest BCUT2D eigenvalue weighted by molar-refractivity contribution is 0.114. The number of halogens is 1. The number of nitrogens with one attached hydrogen (secondary N) is 3. The van der Waals surface area contributed by atoms with E-state index < -0.39 is 10.0 Å². The predicted octanol–water partition coefficient (Wildman–Crippen LogP) is 2.51. The van der Waals surface area contributed by atoms with E-state index in [1.165, 1.54) is 0 Å². The summed E-state index contributed by atoms with van der Waals surface area (Å²) in [6, 6.07) is 16.4. The van der Waals surface area contributed by atoms with Crippen LogP contribution in [0.15, 0.2) is 64.5 Å². The van der Waals surface area contributed by atoms with Gasteiger partial charge in [-0.05, 0) is 42.7 Å². The summed E-state index contributed by atoms with van der Waals surface area (Å²) < 4.78 is 38.6. The minimum absolute atomic E-state index is 0. The Hall–Kier alpha value is -1.89. The average Bonchev–Trinajstić information content (AvgIpc) is 3.32. The fourth-order valence-corrected chi connectivity index (χ4v) is 4.21. The third-order valence-corrected chi connectivity index (χ3v) is 6.29. The summed E-state index contributed by atoms with van der Waals surface area (Å²) in [5.74, 6) is 1.47. The fourth-order valence-electron chi connectivity index (χ4n) is 3.14. The number of aliphatic imine (C=N–C) groups is 1. The van der Waals surface area contributed by atoms with Gasteiger partial charge in [0.15, 0.2) is 5.96 Å². The SMILES string of the molecule is CN=C(NCCOc1ccccc1)NCc1ccc(S(=O)(=O)NCC2CCCO2)cc1.I. The van der Waals surface area contributed by atoms with Gasteiger partial charge in [-0.15, -0.1) is 24.0 Å². The van der Waals surface area contributed by atoms with Gasteiger partial charge < -0.3 is 20.1 Å². The van der Waals surface area contributed by atoms with Gasteiger partial charge in [0.2, 0.25) is 10.0 Å². The van der Waals surface area contributed by atoms with Crippen molar-refractivity contribution in [1.29, 1.82) is 0 Å². The number of hydrogen-bond acceptors (Lipinski definition) is 5. The summed E-state index contributed by atoms with van der Waals surface area (Å²) in [5, 5.41) is 6.39. The highest BCUT2D eigenvalue weighted by Gasteiger charge is 2.20. The number of para-hydroxylation sites is 1. The van der Waals surface area contributed by atoms with Gasteiger partial charge in [0.25, 0.3) is 0 Å². The van der Waals surface area contributed by atoms with E-state index in [1.807, 2.05) is 30.3 Å². The fraction of sp³-hybridized carbons (Fsp3) is 0.409. The van der Waals surface area contributed by atoms with E-state index in [-0.39, 0.29) is 35.0 Å². The van der Waals surface area contributed by atoms with E-state index in [0.717, 1.165) is 24.2 Å². The van der Waals surface area contributed by atoms with Crippen LogP contribution in [-0.4, -0.2) is 53.8 Å². The molecule has 1 aliphatic rings. The molecule has 3 rings (SSSR count). The van der Waals surface area contributed by atoms with Crippen LogP contribution < -0.4 is 20.1 Å². The van der Waals surface area contributed by atoms with Gasteiger partial charge in [-0.1, -0.05) is 30.3 Å². The van der Waals surface area contributed by atoms with Crippen molar-refractivity contribution in [2.75, 3.05) is 33.4 Å². The number of guanidine groups is 1. The average molecular weight is 574 g/mol. The van der Waals surface area contributed by atoms with Gasteiger partial charge >= 0.3 is 0 Å². The number of sulfonamides is 1. The van der Waals surface area contributed by atoms with E-state index in [1.54, 1.807) is 31.3 Å². The van der Waals surface area contributed by atoms with E-state index in [0.29, 0.717) is 38.8 Å². The number of ether oxygens (including phenoxy) is 2. The minimum Gasteiger partial charge on any atom is -0.492 e. The molecule has 0 bridgehead atoms. The second-order valence-corrected chi connectivity index (χ2v) is 8.91. The summed E-state index contributed by atoms with van der Waals surface area (Å²) in [4.78, 5) is 4.43. The van der Waals surface area contributed by atoms with Crippen LogP contribution in [0.2, 0.25) is 0 Å². The maximum atomic E-state index is 12.4. The molecule has 0 amide bonds. The van der Waals surface area contributed by atoms with Crippen LogP contribution in [0.5, 0.6) is 5.75 Å². The highest BCUT2D eigenvalue weighted by atomic mass is 127. The molecule has 1 heterocycles. The normalized spacial score (nSPS) is 16.3. The molecule has 32 heavy (non-hydrogen) atoms. The first-order valence-electron chi connectivity index (χ1n) is 10.4. The van der Waals surface area contributed by atoms with Gasteiger partial charge in [0.05, 0.1) is 17.5 Å². The maximum Gasteiger partial charge on any atom is 0.240 e. The van der Waals surface area contributed by atoms with Gasteiger partial charge in [-0.25, -0.2) is 13.1 Å². The zero-order chi connectivity index (χ0) is 21.9. The van der Waals surface area contributed by atoms with Gasteiger partial charge in [-0.2, -0.15) is 0 Å². The number of nitrogens with zero attached hydrogens (tertiary/aromatic N) is 1. The van der Waals surface area contributed by atoms with Crippen LogP contribution in [0.25, 0.3) is 0 Å². The molecule has 0 spiro atoms. The van der Waals surface area contributed by atoms with Gasteiger partial charge in [-0.3, -0.25) is 4.99 Å². The summed E-state index contributed by atoms with van der Waals surface area (Å²) in [7, 11) is -1.84. The van der Waals surface area contributed by atoms with Crippen LogP contribution in [0.3, 0.4) is 0 Å². The summed E-state index contributed by atoms with van der Waals surface area (Å²) >= 11 is 0. The topological polar surface area (TPSA) is 101 Å². The Morgan fingerprint density at radius 2 is 1.88 bits per heavy atom. The molecular formula is C22H31IN4O4S. The van der Waals surface area contributed by atoms with Crippen molar-refractivity contribution in [3.63, 3.8) is 0 Å². The smallest absolute Gasteiger partial charge is 0.240 e. The molecule has 2 aromatic rings. The lowest BCUT2D eigenvalue weighted by atomic mass is 10.2. The van der Waals surface area contributed by atoms with E-state index in [4.69, 9.17) is 9.47 Å². The Kier molecular flexibility index (Phi) is 11.2.